The van der Waals surface area contributed by atoms with Crippen molar-refractivity contribution in [2.24, 2.45) is 0 Å². The predicted octanol–water partition coefficient (Wildman–Crippen LogP) is 5.78. The number of hydrogen-bond acceptors (Lipinski definition) is 7. The number of aromatic nitrogens is 1. The topological polar surface area (TPSA) is 66.9 Å². The number of halogens is 1. The summed E-state index contributed by atoms with van der Waals surface area (Å²) in [6.07, 6.45) is 2.76. The summed E-state index contributed by atoms with van der Waals surface area (Å²) in [5.41, 5.74) is 2.59. The van der Waals surface area contributed by atoms with Crippen LogP contribution in [0.1, 0.15) is 60.2 Å². The molecule has 1 aromatic heterocycles. The van der Waals surface area contributed by atoms with Crippen molar-refractivity contribution in [3.8, 4) is 11.5 Å². The zero-order chi connectivity index (χ0) is 28.9. The smallest absolute Gasteiger partial charge is 0.270 e. The second kappa shape index (κ2) is 16.3. The molecular weight excluding hydrogens is 527 g/mol. The predicted molar refractivity (Wildman–Crippen MR) is 160 cm³/mol. The van der Waals surface area contributed by atoms with Gasteiger partial charge in [0, 0.05) is 24.5 Å². The van der Waals surface area contributed by atoms with Gasteiger partial charge in [0.2, 0.25) is 0 Å². The van der Waals surface area contributed by atoms with E-state index in [9.17, 15) is 9.18 Å². The SMILES string of the molecule is CCN(CC)CCCC(C)NC(=O)c1csc(CN(CCc2ccc(OC)c(OC)c2)Cc2ccc(F)cc2)n1. The average molecular weight is 571 g/mol. The molecule has 0 fully saturated rings. The van der Waals surface area contributed by atoms with Gasteiger partial charge in [0.25, 0.3) is 5.91 Å². The highest BCUT2D eigenvalue weighted by Gasteiger charge is 2.16. The summed E-state index contributed by atoms with van der Waals surface area (Å²) >= 11 is 1.49. The van der Waals surface area contributed by atoms with Crippen molar-refractivity contribution in [2.45, 2.75) is 59.2 Å². The number of hydrogen-bond donors (Lipinski definition) is 1. The van der Waals surface area contributed by atoms with Crippen LogP contribution in [0.4, 0.5) is 4.39 Å². The molecule has 2 aromatic carbocycles. The van der Waals surface area contributed by atoms with Crippen molar-refractivity contribution in [1.29, 1.82) is 0 Å². The number of nitrogens with zero attached hydrogens (tertiary/aromatic N) is 3. The lowest BCUT2D eigenvalue weighted by molar-refractivity contribution is 0.0932. The Kier molecular flexibility index (Phi) is 12.8. The van der Waals surface area contributed by atoms with Gasteiger partial charge in [-0.1, -0.05) is 32.0 Å². The summed E-state index contributed by atoms with van der Waals surface area (Å²) in [7, 11) is 3.25. The van der Waals surface area contributed by atoms with Gasteiger partial charge >= 0.3 is 0 Å². The van der Waals surface area contributed by atoms with E-state index >= 15 is 0 Å². The van der Waals surface area contributed by atoms with E-state index in [4.69, 9.17) is 9.47 Å². The molecule has 1 atom stereocenters. The first-order valence-corrected chi connectivity index (χ1v) is 14.9. The van der Waals surface area contributed by atoms with Crippen molar-refractivity contribution < 1.29 is 18.7 Å². The van der Waals surface area contributed by atoms with Crippen molar-refractivity contribution in [3.05, 3.63) is 75.5 Å². The third-order valence-corrected chi connectivity index (χ3v) is 7.84. The molecule has 1 unspecified atom stereocenters. The Balaban J connectivity index is 1.62. The first-order chi connectivity index (χ1) is 19.3. The summed E-state index contributed by atoms with van der Waals surface area (Å²) in [6.45, 7) is 11.5. The maximum atomic E-state index is 13.5. The van der Waals surface area contributed by atoms with E-state index in [-0.39, 0.29) is 17.8 Å². The van der Waals surface area contributed by atoms with Crippen LogP contribution in [-0.2, 0) is 19.5 Å². The van der Waals surface area contributed by atoms with Crippen LogP contribution in [0.3, 0.4) is 0 Å². The highest BCUT2D eigenvalue weighted by Crippen LogP contribution is 2.28. The molecule has 218 valence electrons. The molecule has 0 spiro atoms. The molecule has 3 rings (SSSR count). The first kappa shape index (κ1) is 31.5. The molecule has 0 aliphatic carbocycles. The number of methoxy groups -OCH3 is 2. The van der Waals surface area contributed by atoms with Crippen LogP contribution in [-0.4, -0.2) is 67.1 Å². The van der Waals surface area contributed by atoms with Gasteiger partial charge in [-0.05, 0) is 81.2 Å². The molecule has 0 saturated heterocycles. The summed E-state index contributed by atoms with van der Waals surface area (Å²) in [5.74, 6) is 1.01. The van der Waals surface area contributed by atoms with E-state index in [1.807, 2.05) is 30.5 Å². The van der Waals surface area contributed by atoms with E-state index in [0.717, 1.165) is 61.6 Å². The zero-order valence-corrected chi connectivity index (χ0v) is 25.2. The third kappa shape index (κ3) is 9.87. The molecule has 40 heavy (non-hydrogen) atoms. The van der Waals surface area contributed by atoms with Gasteiger partial charge in [0.05, 0.1) is 20.8 Å². The van der Waals surface area contributed by atoms with Crippen LogP contribution in [0.15, 0.2) is 47.8 Å². The molecule has 1 amide bonds. The van der Waals surface area contributed by atoms with Crippen molar-refractivity contribution >= 4 is 17.2 Å². The largest absolute Gasteiger partial charge is 0.493 e. The number of carbonyl (C=O) groups is 1. The summed E-state index contributed by atoms with van der Waals surface area (Å²) in [6, 6.07) is 12.6. The number of thiazole rings is 1. The average Bonchev–Trinajstić information content (AvgIpc) is 3.43. The lowest BCUT2D eigenvalue weighted by Gasteiger charge is -2.22. The van der Waals surface area contributed by atoms with Crippen molar-refractivity contribution in [3.63, 3.8) is 0 Å². The van der Waals surface area contributed by atoms with E-state index in [1.165, 1.54) is 23.5 Å². The highest BCUT2D eigenvalue weighted by atomic mass is 32.1. The number of ether oxygens (including phenoxy) is 2. The summed E-state index contributed by atoms with van der Waals surface area (Å²) < 4.78 is 24.3. The molecule has 9 heteroatoms. The fourth-order valence-electron chi connectivity index (χ4n) is 4.60. The molecule has 1 heterocycles. The van der Waals surface area contributed by atoms with Gasteiger partial charge in [0.1, 0.15) is 16.5 Å². The minimum Gasteiger partial charge on any atom is -0.493 e. The number of nitrogens with one attached hydrogen (secondary N) is 1. The van der Waals surface area contributed by atoms with Crippen LogP contribution in [0.5, 0.6) is 11.5 Å². The molecule has 0 saturated carbocycles. The Morgan fingerprint density at radius 1 is 0.975 bits per heavy atom. The van der Waals surface area contributed by atoms with Gasteiger partial charge in [-0.2, -0.15) is 0 Å². The minimum absolute atomic E-state index is 0.0877. The highest BCUT2D eigenvalue weighted by molar-refractivity contribution is 7.09. The monoisotopic (exact) mass is 570 g/mol. The lowest BCUT2D eigenvalue weighted by Crippen LogP contribution is -2.34. The molecule has 0 aliphatic heterocycles. The number of amides is 1. The molecule has 0 radical (unpaired) electrons. The van der Waals surface area contributed by atoms with Crippen LogP contribution in [0.2, 0.25) is 0 Å². The van der Waals surface area contributed by atoms with E-state index in [1.54, 1.807) is 26.4 Å². The second-order valence-electron chi connectivity index (χ2n) is 9.95. The second-order valence-corrected chi connectivity index (χ2v) is 10.9. The summed E-state index contributed by atoms with van der Waals surface area (Å²) in [4.78, 5) is 22.2. The maximum absolute atomic E-state index is 13.5. The molecule has 3 aromatic rings. The standard InChI is InChI=1S/C31H43FN4O3S/c1-6-35(7-2)17-8-9-23(3)33-31(37)27-22-40-30(34-27)21-36(20-25-10-13-26(32)14-11-25)18-16-24-12-15-28(38-4)29(19-24)39-5/h10-15,19,22-23H,6-9,16-18,20-21H2,1-5H3,(H,33,37). The fraction of sp³-hybridized carbons (Fsp3) is 0.484. The van der Waals surface area contributed by atoms with Gasteiger partial charge in [-0.3, -0.25) is 9.69 Å². The van der Waals surface area contributed by atoms with Gasteiger partial charge in [-0.25, -0.2) is 9.37 Å². The van der Waals surface area contributed by atoms with E-state index in [0.29, 0.717) is 30.3 Å². The third-order valence-electron chi connectivity index (χ3n) is 7.01. The molecule has 1 N–H and O–H groups in total. The first-order valence-electron chi connectivity index (χ1n) is 14.0. The summed E-state index contributed by atoms with van der Waals surface area (Å²) in [5, 5.41) is 5.80. The van der Waals surface area contributed by atoms with Crippen LogP contribution in [0.25, 0.3) is 0 Å². The van der Waals surface area contributed by atoms with Gasteiger partial charge < -0.3 is 19.7 Å². The van der Waals surface area contributed by atoms with Crippen molar-refractivity contribution in [2.75, 3.05) is 40.4 Å². The molecule has 0 bridgehead atoms. The zero-order valence-electron chi connectivity index (χ0n) is 24.4. The Bertz CT molecular complexity index is 1180. The number of rotatable bonds is 17. The fourth-order valence-corrected chi connectivity index (χ4v) is 5.41. The Morgan fingerprint density at radius 2 is 1.68 bits per heavy atom. The van der Waals surface area contributed by atoms with Crippen LogP contribution >= 0.6 is 11.3 Å². The Morgan fingerprint density at radius 3 is 2.35 bits per heavy atom. The van der Waals surface area contributed by atoms with Crippen LogP contribution in [0, 0.1) is 5.82 Å². The lowest BCUT2D eigenvalue weighted by atomic mass is 10.1. The van der Waals surface area contributed by atoms with Gasteiger partial charge in [0.15, 0.2) is 11.5 Å². The normalized spacial score (nSPS) is 12.1. The van der Waals surface area contributed by atoms with E-state index in [2.05, 4.69) is 33.9 Å². The van der Waals surface area contributed by atoms with Gasteiger partial charge in [-0.15, -0.1) is 11.3 Å². The van der Waals surface area contributed by atoms with Crippen LogP contribution < -0.4 is 14.8 Å². The maximum Gasteiger partial charge on any atom is 0.270 e. The van der Waals surface area contributed by atoms with E-state index < -0.39 is 0 Å². The number of benzene rings is 2. The molecular formula is C31H43FN4O3S. The minimum atomic E-state index is -0.251. The Labute approximate surface area is 242 Å². The van der Waals surface area contributed by atoms with Crippen molar-refractivity contribution in [1.82, 2.24) is 20.1 Å². The Hall–Kier alpha value is -3.01. The number of carbonyl (C=O) groups excluding carboxylic acids is 1. The molecule has 7 nitrogen and oxygen atoms in total. The quantitative estimate of drug-likeness (QED) is 0.222. The molecule has 0 aliphatic rings.